The van der Waals surface area contributed by atoms with E-state index in [9.17, 15) is 27.2 Å². The van der Waals surface area contributed by atoms with Gasteiger partial charge in [0.15, 0.2) is 5.69 Å². The Kier molecular flexibility index (Phi) is 7.53. The van der Waals surface area contributed by atoms with Crippen LogP contribution in [0.2, 0.25) is 0 Å². The molecule has 8 nitrogen and oxygen atoms in total. The quantitative estimate of drug-likeness (QED) is 0.281. The molecule has 0 saturated heterocycles. The summed E-state index contributed by atoms with van der Waals surface area (Å²) in [7, 11) is 0. The predicted molar refractivity (Wildman–Crippen MR) is 139 cm³/mol. The van der Waals surface area contributed by atoms with Gasteiger partial charge in [-0.15, -0.1) is 0 Å². The van der Waals surface area contributed by atoms with E-state index in [1.54, 1.807) is 18.3 Å². The van der Waals surface area contributed by atoms with Crippen molar-refractivity contribution in [1.82, 2.24) is 19.3 Å². The smallest absolute Gasteiger partial charge is 0.326 e. The van der Waals surface area contributed by atoms with E-state index in [2.05, 4.69) is 15.4 Å². The summed E-state index contributed by atoms with van der Waals surface area (Å²) in [5.41, 5.74) is 4.75. The molecule has 4 aromatic rings. The van der Waals surface area contributed by atoms with Gasteiger partial charge in [-0.05, 0) is 54.2 Å². The second-order valence-corrected chi connectivity index (χ2v) is 9.75. The first kappa shape index (κ1) is 27.3. The number of nitrogens with zero attached hydrogens (tertiary/aromatic N) is 4. The molecule has 1 unspecified atom stereocenters. The Labute approximate surface area is 226 Å². The fourth-order valence-electron chi connectivity index (χ4n) is 4.61. The van der Waals surface area contributed by atoms with Crippen LogP contribution in [0.15, 0.2) is 71.9 Å². The third kappa shape index (κ3) is 5.96. The topological polar surface area (TPSA) is 108 Å². The van der Waals surface area contributed by atoms with E-state index in [-0.39, 0.29) is 23.5 Å². The molecule has 3 N–H and O–H groups in total. The van der Waals surface area contributed by atoms with Crippen LogP contribution in [0.25, 0.3) is 5.69 Å². The number of alkyl halides is 3. The first-order valence-electron chi connectivity index (χ1n) is 12.7. The van der Waals surface area contributed by atoms with E-state index in [1.165, 1.54) is 41.2 Å². The molecule has 0 bridgehead atoms. The van der Waals surface area contributed by atoms with Gasteiger partial charge in [0, 0.05) is 25.0 Å². The van der Waals surface area contributed by atoms with Gasteiger partial charge in [-0.1, -0.05) is 31.0 Å². The summed E-state index contributed by atoms with van der Waals surface area (Å²) in [5, 5.41) is 6.01. The first-order valence-corrected chi connectivity index (χ1v) is 12.7. The van der Waals surface area contributed by atoms with Gasteiger partial charge < -0.3 is 15.6 Å². The van der Waals surface area contributed by atoms with Crippen molar-refractivity contribution in [3.63, 3.8) is 0 Å². The van der Waals surface area contributed by atoms with E-state index >= 15 is 0 Å². The molecule has 0 spiro atoms. The summed E-state index contributed by atoms with van der Waals surface area (Å²) in [5.74, 6) is -1.21. The lowest BCUT2D eigenvalue weighted by Gasteiger charge is -2.21. The fraction of sp³-hybridized carbons (Fsp3) is 0.286. The van der Waals surface area contributed by atoms with Crippen molar-refractivity contribution in [1.29, 1.82) is 0 Å². The molecule has 12 heteroatoms. The number of nitrogens with one attached hydrogen (secondary N) is 1. The lowest BCUT2D eigenvalue weighted by Crippen LogP contribution is -2.25. The van der Waals surface area contributed by atoms with Crippen LogP contribution in [0.4, 0.5) is 23.2 Å². The molecular weight excluding hydrogens is 528 g/mol. The summed E-state index contributed by atoms with van der Waals surface area (Å²) in [6.07, 6.45) is 3.10. The zero-order valence-corrected chi connectivity index (χ0v) is 21.2. The molecule has 0 aliphatic heterocycles. The van der Waals surface area contributed by atoms with Crippen LogP contribution >= 0.6 is 0 Å². The predicted octanol–water partition coefficient (Wildman–Crippen LogP) is 5.08. The highest BCUT2D eigenvalue weighted by atomic mass is 19.4. The minimum atomic E-state index is -4.82. The Morgan fingerprint density at radius 2 is 1.95 bits per heavy atom. The second kappa shape index (κ2) is 11.0. The molecule has 2 aromatic carbocycles. The number of anilines is 1. The van der Waals surface area contributed by atoms with Gasteiger partial charge in [0.05, 0.1) is 23.6 Å². The van der Waals surface area contributed by atoms with Crippen molar-refractivity contribution in [2.75, 3.05) is 5.32 Å². The number of hydrogen-bond donors (Lipinski definition) is 2. The first-order chi connectivity index (χ1) is 19.1. The highest BCUT2D eigenvalue weighted by Gasteiger charge is 2.36. The highest BCUT2D eigenvalue weighted by molar-refractivity contribution is 6.03. The Bertz CT molecular complexity index is 1590. The number of rotatable bonds is 9. The summed E-state index contributed by atoms with van der Waals surface area (Å²) < 4.78 is 57.9. The third-order valence-corrected chi connectivity index (χ3v) is 6.88. The van der Waals surface area contributed by atoms with Crippen molar-refractivity contribution < 1.29 is 22.4 Å². The zero-order chi connectivity index (χ0) is 28.4. The molecule has 1 saturated carbocycles. The van der Waals surface area contributed by atoms with Gasteiger partial charge in [0.2, 0.25) is 0 Å². The molecule has 1 atom stereocenters. The standard InChI is InChI=1S/C28H26F4N6O2/c29-21-8-7-19(23(9-6-17-4-5-17)37-11-10-34-16-26(37)39)13-22(21)35-27(40)24-14-25(28(30,31)32)36-38(24)20-3-1-2-18(12-20)15-33/h1-3,7-8,10-14,16-17,23H,4-6,9,15,33H2,(H,35,40). The number of aromatic nitrogens is 4. The largest absolute Gasteiger partial charge is 0.435 e. The van der Waals surface area contributed by atoms with Crippen molar-refractivity contribution in [3.05, 3.63) is 106 Å². The average Bonchev–Trinajstić information content (AvgIpc) is 3.64. The number of hydrogen-bond acceptors (Lipinski definition) is 5. The minimum absolute atomic E-state index is 0.128. The minimum Gasteiger partial charge on any atom is -0.326 e. The Balaban J connectivity index is 1.50. The SMILES string of the molecule is NCc1cccc(-n2nc(C(F)(F)F)cc2C(=O)Nc2cc(C(CCC3CC3)n3ccncc3=O)ccc2F)c1. The van der Waals surface area contributed by atoms with Gasteiger partial charge >= 0.3 is 6.18 Å². The van der Waals surface area contributed by atoms with Gasteiger partial charge in [0.1, 0.15) is 11.5 Å². The molecule has 2 heterocycles. The van der Waals surface area contributed by atoms with Crippen LogP contribution in [0.1, 0.15) is 59.0 Å². The van der Waals surface area contributed by atoms with Crippen molar-refractivity contribution in [2.45, 2.75) is 44.4 Å². The zero-order valence-electron chi connectivity index (χ0n) is 21.2. The van der Waals surface area contributed by atoms with Crippen molar-refractivity contribution >= 4 is 11.6 Å². The number of benzene rings is 2. The van der Waals surface area contributed by atoms with Gasteiger partial charge in [-0.25, -0.2) is 9.07 Å². The molecule has 208 valence electrons. The van der Waals surface area contributed by atoms with Gasteiger partial charge in [0.25, 0.3) is 11.5 Å². The van der Waals surface area contributed by atoms with E-state index in [0.717, 1.165) is 30.0 Å². The normalized spacial score (nSPS) is 14.2. The van der Waals surface area contributed by atoms with Gasteiger partial charge in [-0.2, -0.15) is 18.3 Å². The lowest BCUT2D eigenvalue weighted by molar-refractivity contribution is -0.141. The van der Waals surface area contributed by atoms with E-state index < -0.39 is 35.3 Å². The summed E-state index contributed by atoms with van der Waals surface area (Å²) >= 11 is 0. The van der Waals surface area contributed by atoms with E-state index in [0.29, 0.717) is 29.5 Å². The Hall–Kier alpha value is -4.32. The van der Waals surface area contributed by atoms with Crippen molar-refractivity contribution in [3.8, 4) is 5.69 Å². The molecule has 0 radical (unpaired) electrons. The third-order valence-electron chi connectivity index (χ3n) is 6.88. The van der Waals surface area contributed by atoms with Crippen molar-refractivity contribution in [2.24, 2.45) is 11.7 Å². The lowest BCUT2D eigenvalue weighted by atomic mass is 9.99. The molecule has 5 rings (SSSR count). The maximum absolute atomic E-state index is 14.9. The Morgan fingerprint density at radius 3 is 2.65 bits per heavy atom. The maximum Gasteiger partial charge on any atom is 0.435 e. The maximum atomic E-state index is 14.9. The monoisotopic (exact) mass is 554 g/mol. The van der Waals surface area contributed by atoms with E-state index in [1.807, 2.05) is 0 Å². The number of carbonyl (C=O) groups excluding carboxylic acids is 1. The summed E-state index contributed by atoms with van der Waals surface area (Å²) in [6.45, 7) is 0.128. The number of carbonyl (C=O) groups is 1. The second-order valence-electron chi connectivity index (χ2n) is 9.75. The van der Waals surface area contributed by atoms with Crippen LogP contribution in [0, 0.1) is 11.7 Å². The van der Waals surface area contributed by atoms with Crippen LogP contribution in [0.5, 0.6) is 0 Å². The molecule has 40 heavy (non-hydrogen) atoms. The fourth-order valence-corrected chi connectivity index (χ4v) is 4.61. The number of halogens is 4. The summed E-state index contributed by atoms with van der Waals surface area (Å²) in [4.78, 5) is 29.7. The number of nitrogens with two attached hydrogens (primary N) is 1. The molecule has 1 aliphatic carbocycles. The Morgan fingerprint density at radius 1 is 1.15 bits per heavy atom. The molecule has 1 amide bonds. The number of amides is 1. The molecular formula is C28H26F4N6O2. The van der Waals surface area contributed by atoms with E-state index in [4.69, 9.17) is 5.73 Å². The van der Waals surface area contributed by atoms with Gasteiger partial charge in [-0.3, -0.25) is 14.6 Å². The van der Waals surface area contributed by atoms with Crippen LogP contribution < -0.4 is 16.6 Å². The molecule has 2 aromatic heterocycles. The average molecular weight is 555 g/mol. The molecule has 1 aliphatic rings. The van der Waals surface area contributed by atoms with Crippen LogP contribution in [0.3, 0.4) is 0 Å². The van der Waals surface area contributed by atoms with Crippen LogP contribution in [-0.4, -0.2) is 25.2 Å². The summed E-state index contributed by atoms with van der Waals surface area (Å²) in [6, 6.07) is 10.5. The molecule has 1 fully saturated rings. The van der Waals surface area contributed by atoms with Crippen LogP contribution in [-0.2, 0) is 12.7 Å². The highest BCUT2D eigenvalue weighted by Crippen LogP contribution is 2.37.